The lowest BCUT2D eigenvalue weighted by atomic mass is 9.85. The molecule has 0 saturated carbocycles. The summed E-state index contributed by atoms with van der Waals surface area (Å²) < 4.78 is 15.1. The number of aryl methyl sites for hydroxylation is 3. The predicted molar refractivity (Wildman–Crippen MR) is 129 cm³/mol. The maximum absolute atomic E-state index is 13.6. The highest BCUT2D eigenvalue weighted by Gasteiger charge is 2.39. The topological polar surface area (TPSA) is 63.9 Å². The Kier molecular flexibility index (Phi) is 5.65. The quantitative estimate of drug-likeness (QED) is 0.394. The van der Waals surface area contributed by atoms with E-state index in [9.17, 15) is 9.18 Å². The maximum atomic E-state index is 13.6. The van der Waals surface area contributed by atoms with Gasteiger partial charge in [-0.15, -0.1) is 0 Å². The maximum Gasteiger partial charge on any atom is 0.252 e. The molecule has 172 valence electrons. The Morgan fingerprint density at radius 1 is 1.03 bits per heavy atom. The molecule has 1 aliphatic rings. The molecule has 0 radical (unpaired) electrons. The molecule has 3 heterocycles. The van der Waals surface area contributed by atoms with Gasteiger partial charge in [0.05, 0.1) is 12.2 Å². The van der Waals surface area contributed by atoms with E-state index < -0.39 is 0 Å². The number of carbonyl (C=O) groups is 1. The molecule has 4 aromatic rings. The zero-order chi connectivity index (χ0) is 24.0. The summed E-state index contributed by atoms with van der Waals surface area (Å²) in [5.74, 6) is 0.372. The monoisotopic (exact) mass is 475 g/mol. The first-order valence-electron chi connectivity index (χ1n) is 11.0. The van der Waals surface area contributed by atoms with Gasteiger partial charge in [-0.3, -0.25) is 9.69 Å². The highest BCUT2D eigenvalue weighted by Crippen LogP contribution is 2.44. The molecule has 0 spiro atoms. The second-order valence-corrected chi connectivity index (χ2v) is 8.98. The van der Waals surface area contributed by atoms with E-state index in [0.29, 0.717) is 16.8 Å². The molecule has 34 heavy (non-hydrogen) atoms. The third-order valence-electron chi connectivity index (χ3n) is 6.06. The van der Waals surface area contributed by atoms with Crippen LogP contribution in [0.2, 0.25) is 5.02 Å². The van der Waals surface area contributed by atoms with E-state index in [1.807, 2.05) is 51.1 Å². The molecule has 0 N–H and O–H groups in total. The molecule has 6 nitrogen and oxygen atoms in total. The fourth-order valence-corrected chi connectivity index (χ4v) is 4.87. The highest BCUT2D eigenvalue weighted by atomic mass is 35.5. The SMILES string of the molecule is Cc1cc(C)nc(-n2nc(C)c3c2N(Cc2ccc(F)cc2)C(=O)C[C@@H]3c2ccccc2Cl)n1. The number of amides is 1. The van der Waals surface area contributed by atoms with E-state index in [2.05, 4.69) is 9.97 Å². The summed E-state index contributed by atoms with van der Waals surface area (Å²) >= 11 is 6.56. The standard InChI is InChI=1S/C26H23ClFN5O/c1-15-12-16(2)30-26(29-15)33-25-24(17(3)31-33)21(20-6-4-5-7-22(20)27)13-23(34)32(25)14-18-8-10-19(28)11-9-18/h4-12,21H,13-14H2,1-3H3/t21-/m1/s1. The predicted octanol–water partition coefficient (Wildman–Crippen LogP) is 5.45. The molecule has 0 fully saturated rings. The molecular formula is C26H23ClFN5O. The third-order valence-corrected chi connectivity index (χ3v) is 6.40. The largest absolute Gasteiger partial charge is 0.292 e. The second-order valence-electron chi connectivity index (χ2n) is 8.57. The number of halogens is 2. The zero-order valence-electron chi connectivity index (χ0n) is 19.1. The van der Waals surface area contributed by atoms with Crippen molar-refractivity contribution in [2.45, 2.75) is 39.7 Å². The molecule has 0 aliphatic carbocycles. The normalized spacial score (nSPS) is 15.5. The van der Waals surface area contributed by atoms with Crippen LogP contribution in [0.5, 0.6) is 0 Å². The van der Waals surface area contributed by atoms with E-state index in [1.165, 1.54) is 12.1 Å². The zero-order valence-corrected chi connectivity index (χ0v) is 19.8. The number of hydrogen-bond acceptors (Lipinski definition) is 4. The highest BCUT2D eigenvalue weighted by molar-refractivity contribution is 6.31. The van der Waals surface area contributed by atoms with E-state index in [-0.39, 0.29) is 30.6 Å². The number of aromatic nitrogens is 4. The molecule has 8 heteroatoms. The first-order chi connectivity index (χ1) is 16.3. The summed E-state index contributed by atoms with van der Waals surface area (Å²) in [6.45, 7) is 5.99. The molecule has 2 aromatic heterocycles. The van der Waals surface area contributed by atoms with Gasteiger partial charge in [-0.25, -0.2) is 14.4 Å². The minimum atomic E-state index is -0.322. The van der Waals surface area contributed by atoms with Gasteiger partial charge in [0.25, 0.3) is 5.95 Å². The number of benzene rings is 2. The Labute approximate surface area is 202 Å². The Balaban J connectivity index is 1.72. The van der Waals surface area contributed by atoms with Gasteiger partial charge in [0, 0.05) is 34.3 Å². The van der Waals surface area contributed by atoms with Crippen molar-refractivity contribution in [3.8, 4) is 5.95 Å². The van der Waals surface area contributed by atoms with Crippen LogP contribution < -0.4 is 4.90 Å². The summed E-state index contributed by atoms with van der Waals surface area (Å²) in [5, 5.41) is 5.39. The first kappa shape index (κ1) is 22.2. The Morgan fingerprint density at radius 2 is 1.71 bits per heavy atom. The van der Waals surface area contributed by atoms with E-state index in [0.717, 1.165) is 33.8 Å². The fraction of sp³-hybridized carbons (Fsp3) is 0.231. The molecule has 0 unspecified atom stereocenters. The number of carbonyl (C=O) groups excluding carboxylic acids is 1. The van der Waals surface area contributed by atoms with Crippen LogP contribution in [0.4, 0.5) is 10.2 Å². The van der Waals surface area contributed by atoms with Crippen molar-refractivity contribution in [3.05, 3.63) is 99.2 Å². The Bertz CT molecular complexity index is 1380. The van der Waals surface area contributed by atoms with Crippen LogP contribution in [0.1, 0.15) is 46.1 Å². The van der Waals surface area contributed by atoms with Crippen LogP contribution >= 0.6 is 11.6 Å². The van der Waals surface area contributed by atoms with Crippen LogP contribution in [0.15, 0.2) is 54.6 Å². The summed E-state index contributed by atoms with van der Waals surface area (Å²) in [5.41, 5.74) is 4.99. The van der Waals surface area contributed by atoms with Crippen molar-refractivity contribution in [3.63, 3.8) is 0 Å². The van der Waals surface area contributed by atoms with E-state index in [1.54, 1.807) is 21.7 Å². The average Bonchev–Trinajstić information content (AvgIpc) is 3.14. The minimum Gasteiger partial charge on any atom is -0.292 e. The molecule has 1 aliphatic heterocycles. The van der Waals surface area contributed by atoms with Crippen LogP contribution in [0.25, 0.3) is 5.95 Å². The number of hydrogen-bond donors (Lipinski definition) is 0. The number of rotatable bonds is 4. The summed E-state index contributed by atoms with van der Waals surface area (Å²) in [4.78, 5) is 24.5. The van der Waals surface area contributed by atoms with Gasteiger partial charge in [-0.2, -0.15) is 9.78 Å². The van der Waals surface area contributed by atoms with Gasteiger partial charge in [0.2, 0.25) is 5.91 Å². The van der Waals surface area contributed by atoms with Gasteiger partial charge in [-0.1, -0.05) is 41.9 Å². The fourth-order valence-electron chi connectivity index (χ4n) is 4.60. The summed E-state index contributed by atoms with van der Waals surface area (Å²) in [7, 11) is 0. The van der Waals surface area contributed by atoms with E-state index >= 15 is 0 Å². The third kappa shape index (κ3) is 3.96. The van der Waals surface area contributed by atoms with Crippen LogP contribution in [0.3, 0.4) is 0 Å². The van der Waals surface area contributed by atoms with Crippen molar-refractivity contribution < 1.29 is 9.18 Å². The molecule has 5 rings (SSSR count). The summed E-state index contributed by atoms with van der Waals surface area (Å²) in [6, 6.07) is 15.6. The first-order valence-corrected chi connectivity index (χ1v) is 11.4. The van der Waals surface area contributed by atoms with Crippen LogP contribution in [-0.2, 0) is 11.3 Å². The Morgan fingerprint density at radius 3 is 2.38 bits per heavy atom. The Hall–Kier alpha value is -3.58. The summed E-state index contributed by atoms with van der Waals surface area (Å²) in [6.07, 6.45) is 0.248. The van der Waals surface area contributed by atoms with Crippen molar-refractivity contribution in [2.75, 3.05) is 4.90 Å². The lowest BCUT2D eigenvalue weighted by Crippen LogP contribution is -2.38. The van der Waals surface area contributed by atoms with Gasteiger partial charge in [-0.05, 0) is 56.2 Å². The smallest absolute Gasteiger partial charge is 0.252 e. The number of nitrogens with zero attached hydrogens (tertiary/aromatic N) is 5. The van der Waals surface area contributed by atoms with Gasteiger partial charge in [0.15, 0.2) is 0 Å². The lowest BCUT2D eigenvalue weighted by Gasteiger charge is -2.33. The van der Waals surface area contributed by atoms with Crippen molar-refractivity contribution in [1.29, 1.82) is 0 Å². The van der Waals surface area contributed by atoms with Crippen molar-refractivity contribution in [1.82, 2.24) is 19.7 Å². The van der Waals surface area contributed by atoms with Crippen LogP contribution in [-0.4, -0.2) is 25.7 Å². The van der Waals surface area contributed by atoms with Crippen LogP contribution in [0, 0.1) is 26.6 Å². The van der Waals surface area contributed by atoms with Crippen molar-refractivity contribution >= 4 is 23.3 Å². The number of fused-ring (bicyclic) bond motifs is 1. The average molecular weight is 476 g/mol. The minimum absolute atomic E-state index is 0.0766. The molecule has 1 amide bonds. The van der Waals surface area contributed by atoms with Gasteiger partial charge < -0.3 is 0 Å². The molecule has 0 saturated heterocycles. The van der Waals surface area contributed by atoms with Gasteiger partial charge in [0.1, 0.15) is 11.6 Å². The molecule has 0 bridgehead atoms. The molecular weight excluding hydrogens is 453 g/mol. The molecule has 1 atom stereocenters. The molecule has 2 aromatic carbocycles. The van der Waals surface area contributed by atoms with Gasteiger partial charge >= 0.3 is 0 Å². The van der Waals surface area contributed by atoms with E-state index in [4.69, 9.17) is 16.7 Å². The second kappa shape index (κ2) is 8.65. The lowest BCUT2D eigenvalue weighted by molar-refractivity contribution is -0.119. The van der Waals surface area contributed by atoms with Crippen molar-refractivity contribution in [2.24, 2.45) is 0 Å². The number of anilines is 1.